The Morgan fingerprint density at radius 2 is 1.91 bits per heavy atom. The zero-order valence-electron chi connectivity index (χ0n) is 16.8. The molecule has 1 fully saturated rings. The maximum absolute atomic E-state index is 13.4. The van der Waals surface area contributed by atoms with Crippen molar-refractivity contribution < 1.29 is 35.2 Å². The van der Waals surface area contributed by atoms with E-state index < -0.39 is 62.7 Å². The van der Waals surface area contributed by atoms with E-state index in [4.69, 9.17) is 5.14 Å². The molecule has 0 unspecified atom stereocenters. The number of hydrogen-bond donors (Lipinski definition) is 2. The molecular formula is C18H20F5N5O3S. The minimum atomic E-state index is -4.83. The molecule has 0 saturated heterocycles. The number of sulfonamides is 1. The number of primary sulfonamides is 1. The molecule has 14 heteroatoms. The van der Waals surface area contributed by atoms with Crippen LogP contribution in [0.1, 0.15) is 47.4 Å². The highest BCUT2D eigenvalue weighted by Gasteiger charge is 2.40. The molecule has 2 heterocycles. The molecule has 2 aromatic rings. The van der Waals surface area contributed by atoms with Gasteiger partial charge in [-0.1, -0.05) is 0 Å². The highest BCUT2D eigenvalue weighted by Crippen LogP contribution is 2.38. The summed E-state index contributed by atoms with van der Waals surface area (Å²) < 4.78 is 90.8. The van der Waals surface area contributed by atoms with Gasteiger partial charge < -0.3 is 5.32 Å². The smallest absolute Gasteiger partial charge is 0.319 e. The summed E-state index contributed by atoms with van der Waals surface area (Å²) in [7, 11) is -4.13. The van der Waals surface area contributed by atoms with Gasteiger partial charge in [0, 0.05) is 31.1 Å². The Hall–Kier alpha value is -2.61. The second-order valence-corrected chi connectivity index (χ2v) is 9.27. The van der Waals surface area contributed by atoms with E-state index in [1.807, 2.05) is 0 Å². The topological polar surface area (TPSA) is 120 Å². The standard InChI is InChI=1S/C18H20F5N5O3S/c1-10-14(16(29)26-12-6-13(8-25-7-12)32(24,30)31)28(27-15(10)18(21,22)23)9-11-2-4-17(19,20)5-3-11/h6-8,11H,2-5,9H2,1H3,(H,26,29)(H2,24,30,31). The van der Waals surface area contributed by atoms with E-state index in [1.54, 1.807) is 0 Å². The second-order valence-electron chi connectivity index (χ2n) is 7.71. The zero-order chi connectivity index (χ0) is 23.9. The van der Waals surface area contributed by atoms with Crippen LogP contribution in [0.4, 0.5) is 27.6 Å². The van der Waals surface area contributed by atoms with Crippen LogP contribution in [0.15, 0.2) is 23.4 Å². The number of halogens is 5. The fourth-order valence-electron chi connectivity index (χ4n) is 3.60. The van der Waals surface area contributed by atoms with E-state index in [0.717, 1.165) is 30.1 Å². The molecule has 0 aromatic carbocycles. The fourth-order valence-corrected chi connectivity index (χ4v) is 4.10. The number of carbonyl (C=O) groups excluding carboxylic acids is 1. The van der Waals surface area contributed by atoms with Crippen LogP contribution in [0.3, 0.4) is 0 Å². The van der Waals surface area contributed by atoms with Gasteiger partial charge in [-0.15, -0.1) is 0 Å². The van der Waals surface area contributed by atoms with Gasteiger partial charge in [0.2, 0.25) is 15.9 Å². The number of nitrogens with zero attached hydrogens (tertiary/aromatic N) is 3. The first-order valence-electron chi connectivity index (χ1n) is 9.49. The Balaban J connectivity index is 1.92. The van der Waals surface area contributed by atoms with Gasteiger partial charge in [0.15, 0.2) is 5.69 Å². The third-order valence-electron chi connectivity index (χ3n) is 5.24. The molecule has 32 heavy (non-hydrogen) atoms. The summed E-state index contributed by atoms with van der Waals surface area (Å²) in [5.41, 5.74) is -2.22. The van der Waals surface area contributed by atoms with Gasteiger partial charge >= 0.3 is 6.18 Å². The number of rotatable bonds is 5. The molecule has 0 radical (unpaired) electrons. The summed E-state index contributed by atoms with van der Waals surface area (Å²) in [6.07, 6.45) is -3.42. The molecule has 1 amide bonds. The number of hydrogen-bond acceptors (Lipinski definition) is 5. The minimum absolute atomic E-state index is 0.0780. The average Bonchev–Trinajstić information content (AvgIpc) is 2.99. The predicted octanol–water partition coefficient (Wildman–Crippen LogP) is 3.33. The van der Waals surface area contributed by atoms with Gasteiger partial charge in [-0.2, -0.15) is 18.3 Å². The normalized spacial score (nSPS) is 17.3. The molecule has 8 nitrogen and oxygen atoms in total. The van der Waals surface area contributed by atoms with Crippen molar-refractivity contribution in [3.63, 3.8) is 0 Å². The monoisotopic (exact) mass is 481 g/mol. The molecule has 0 spiro atoms. The Kier molecular flexibility index (Phi) is 6.30. The molecule has 1 aliphatic rings. The minimum Gasteiger partial charge on any atom is -0.319 e. The van der Waals surface area contributed by atoms with Crippen LogP contribution in [0.2, 0.25) is 0 Å². The third-order valence-corrected chi connectivity index (χ3v) is 6.12. The van der Waals surface area contributed by atoms with Crippen LogP contribution < -0.4 is 10.5 Å². The lowest BCUT2D eigenvalue weighted by atomic mass is 9.87. The van der Waals surface area contributed by atoms with Gasteiger partial charge in [-0.05, 0) is 31.7 Å². The Bertz CT molecular complexity index is 1120. The summed E-state index contributed by atoms with van der Waals surface area (Å²) in [6.45, 7) is 0.931. The van der Waals surface area contributed by atoms with Crippen LogP contribution in [-0.4, -0.2) is 35.0 Å². The zero-order valence-corrected chi connectivity index (χ0v) is 17.6. The summed E-state index contributed by atoms with van der Waals surface area (Å²) >= 11 is 0. The first-order chi connectivity index (χ1) is 14.7. The molecule has 3 rings (SSSR count). The summed E-state index contributed by atoms with van der Waals surface area (Å²) in [5, 5.41) is 10.9. The van der Waals surface area contributed by atoms with Crippen molar-refractivity contribution >= 4 is 21.6 Å². The number of anilines is 1. The average molecular weight is 481 g/mol. The lowest BCUT2D eigenvalue weighted by Crippen LogP contribution is -2.28. The highest BCUT2D eigenvalue weighted by atomic mass is 32.2. The number of pyridine rings is 1. The van der Waals surface area contributed by atoms with Crippen molar-refractivity contribution in [1.82, 2.24) is 14.8 Å². The van der Waals surface area contributed by atoms with Crippen LogP contribution in [-0.2, 0) is 22.7 Å². The van der Waals surface area contributed by atoms with E-state index in [9.17, 15) is 35.2 Å². The van der Waals surface area contributed by atoms with Crippen LogP contribution in [0.25, 0.3) is 0 Å². The maximum atomic E-state index is 13.4. The maximum Gasteiger partial charge on any atom is 0.435 e. The van der Waals surface area contributed by atoms with Crippen molar-refractivity contribution in [1.29, 1.82) is 0 Å². The molecule has 2 aromatic heterocycles. The summed E-state index contributed by atoms with van der Waals surface area (Å²) in [5.74, 6) is -4.18. The Morgan fingerprint density at radius 1 is 1.28 bits per heavy atom. The van der Waals surface area contributed by atoms with E-state index in [1.165, 1.54) is 0 Å². The van der Waals surface area contributed by atoms with E-state index >= 15 is 0 Å². The van der Waals surface area contributed by atoms with Crippen molar-refractivity contribution in [3.8, 4) is 0 Å². The second kappa shape index (κ2) is 8.39. The summed E-state index contributed by atoms with van der Waals surface area (Å²) in [6, 6.07) is 1.00. The molecule has 0 bridgehead atoms. The molecule has 3 N–H and O–H groups in total. The summed E-state index contributed by atoms with van der Waals surface area (Å²) in [4.78, 5) is 16.1. The predicted molar refractivity (Wildman–Crippen MR) is 102 cm³/mol. The molecule has 1 aliphatic carbocycles. The van der Waals surface area contributed by atoms with E-state index in [-0.39, 0.29) is 31.0 Å². The van der Waals surface area contributed by atoms with Crippen molar-refractivity contribution in [3.05, 3.63) is 35.4 Å². The number of alkyl halides is 5. The van der Waals surface area contributed by atoms with Crippen molar-refractivity contribution in [2.45, 2.75) is 56.1 Å². The number of aromatic nitrogens is 3. The molecule has 176 valence electrons. The highest BCUT2D eigenvalue weighted by molar-refractivity contribution is 7.89. The van der Waals surface area contributed by atoms with Crippen LogP contribution >= 0.6 is 0 Å². The van der Waals surface area contributed by atoms with Crippen molar-refractivity contribution in [2.75, 3.05) is 5.32 Å². The van der Waals surface area contributed by atoms with Gasteiger partial charge in [0.25, 0.3) is 5.91 Å². The van der Waals surface area contributed by atoms with Crippen molar-refractivity contribution in [2.24, 2.45) is 11.1 Å². The van der Waals surface area contributed by atoms with Gasteiger partial charge in [-0.3, -0.25) is 14.5 Å². The van der Waals surface area contributed by atoms with E-state index in [2.05, 4.69) is 15.4 Å². The fraction of sp³-hybridized carbons (Fsp3) is 0.500. The first-order valence-corrected chi connectivity index (χ1v) is 11.0. The lowest BCUT2D eigenvalue weighted by molar-refractivity contribution is -0.142. The lowest BCUT2D eigenvalue weighted by Gasteiger charge is -2.28. The van der Waals surface area contributed by atoms with E-state index in [0.29, 0.717) is 0 Å². The van der Waals surface area contributed by atoms with Crippen LogP contribution in [0.5, 0.6) is 0 Å². The largest absolute Gasteiger partial charge is 0.435 e. The van der Waals surface area contributed by atoms with Gasteiger partial charge in [0.05, 0.1) is 11.9 Å². The molecule has 0 aliphatic heterocycles. The quantitative estimate of drug-likeness (QED) is 0.635. The SMILES string of the molecule is Cc1c(C(F)(F)F)nn(CC2CCC(F)(F)CC2)c1C(=O)Nc1cncc(S(N)(=O)=O)c1. The molecule has 1 saturated carbocycles. The number of nitrogens with one attached hydrogen (secondary N) is 1. The number of carbonyl (C=O) groups is 1. The number of nitrogens with two attached hydrogens (primary N) is 1. The first kappa shape index (κ1) is 24.0. The van der Waals surface area contributed by atoms with Gasteiger partial charge in [0.1, 0.15) is 10.6 Å². The molecule has 0 atom stereocenters. The van der Waals surface area contributed by atoms with Crippen LogP contribution in [0, 0.1) is 12.8 Å². The Morgan fingerprint density at radius 3 is 2.47 bits per heavy atom. The Labute approximate surface area is 180 Å². The molecular weight excluding hydrogens is 461 g/mol. The van der Waals surface area contributed by atoms with Gasteiger partial charge in [-0.25, -0.2) is 22.3 Å². The third kappa shape index (κ3) is 5.41. The number of amides is 1.